The van der Waals surface area contributed by atoms with Crippen molar-refractivity contribution in [1.29, 1.82) is 0 Å². The SMILES string of the molecule is C/C=C/C=C/C(=O)NCC(C)N1CCc2ccccc2C1. The number of rotatable bonds is 5. The number of fused-ring (bicyclic) bond motifs is 1. The van der Waals surface area contributed by atoms with E-state index in [9.17, 15) is 4.79 Å². The molecule has 1 aromatic carbocycles. The van der Waals surface area contributed by atoms with Crippen molar-refractivity contribution in [2.75, 3.05) is 13.1 Å². The minimum absolute atomic E-state index is 0.0302. The molecule has 0 aromatic heterocycles. The quantitative estimate of drug-likeness (QED) is 0.666. The molecule has 1 amide bonds. The molecule has 0 spiro atoms. The van der Waals surface area contributed by atoms with Gasteiger partial charge in [0.1, 0.15) is 0 Å². The van der Waals surface area contributed by atoms with Crippen LogP contribution in [0.1, 0.15) is 25.0 Å². The molecule has 1 aliphatic heterocycles. The molecular weight excluding hydrogens is 260 g/mol. The van der Waals surface area contributed by atoms with Crippen LogP contribution in [0.4, 0.5) is 0 Å². The van der Waals surface area contributed by atoms with Gasteiger partial charge < -0.3 is 5.32 Å². The van der Waals surface area contributed by atoms with Gasteiger partial charge in [0.05, 0.1) is 0 Å². The molecule has 21 heavy (non-hydrogen) atoms. The molecule has 0 fully saturated rings. The maximum atomic E-state index is 11.7. The highest BCUT2D eigenvalue weighted by molar-refractivity contribution is 5.87. The molecule has 0 aliphatic carbocycles. The number of hydrogen-bond acceptors (Lipinski definition) is 2. The summed E-state index contributed by atoms with van der Waals surface area (Å²) in [4.78, 5) is 14.1. The zero-order valence-electron chi connectivity index (χ0n) is 12.9. The standard InChI is InChI=1S/C18H24N2O/c1-3-4-5-10-18(21)19-13-15(2)20-12-11-16-8-6-7-9-17(16)14-20/h3-10,15H,11-14H2,1-2H3,(H,19,21)/b4-3+,10-5+. The predicted molar refractivity (Wildman–Crippen MR) is 87.0 cm³/mol. The number of nitrogens with one attached hydrogen (secondary N) is 1. The van der Waals surface area contributed by atoms with Gasteiger partial charge in [-0.05, 0) is 31.4 Å². The van der Waals surface area contributed by atoms with E-state index >= 15 is 0 Å². The van der Waals surface area contributed by atoms with Gasteiger partial charge in [-0.15, -0.1) is 0 Å². The van der Waals surface area contributed by atoms with Crippen molar-refractivity contribution in [1.82, 2.24) is 10.2 Å². The fourth-order valence-electron chi connectivity index (χ4n) is 2.58. The first kappa shape index (κ1) is 15.5. The monoisotopic (exact) mass is 284 g/mol. The highest BCUT2D eigenvalue weighted by Gasteiger charge is 2.20. The number of carbonyl (C=O) groups is 1. The van der Waals surface area contributed by atoms with Crippen molar-refractivity contribution in [3.8, 4) is 0 Å². The Morgan fingerprint density at radius 1 is 1.33 bits per heavy atom. The second-order valence-electron chi connectivity index (χ2n) is 5.47. The molecule has 3 nitrogen and oxygen atoms in total. The van der Waals surface area contributed by atoms with Crippen molar-refractivity contribution in [3.05, 3.63) is 59.7 Å². The van der Waals surface area contributed by atoms with E-state index < -0.39 is 0 Å². The first-order valence-corrected chi connectivity index (χ1v) is 7.58. The summed E-state index contributed by atoms with van der Waals surface area (Å²) in [5, 5.41) is 2.96. The van der Waals surface area contributed by atoms with Gasteiger partial charge in [0.15, 0.2) is 0 Å². The molecule has 0 radical (unpaired) electrons. The minimum atomic E-state index is -0.0302. The summed E-state index contributed by atoms with van der Waals surface area (Å²) >= 11 is 0. The van der Waals surface area contributed by atoms with Gasteiger partial charge in [-0.3, -0.25) is 9.69 Å². The molecule has 0 saturated carbocycles. The summed E-state index contributed by atoms with van der Waals surface area (Å²) in [5.41, 5.74) is 2.87. The van der Waals surface area contributed by atoms with Crippen LogP contribution in [0.5, 0.6) is 0 Å². The van der Waals surface area contributed by atoms with E-state index in [1.807, 2.05) is 19.1 Å². The molecule has 112 valence electrons. The van der Waals surface area contributed by atoms with Crippen molar-refractivity contribution < 1.29 is 4.79 Å². The Morgan fingerprint density at radius 3 is 2.86 bits per heavy atom. The average Bonchev–Trinajstić information content (AvgIpc) is 2.52. The lowest BCUT2D eigenvalue weighted by molar-refractivity contribution is -0.116. The van der Waals surface area contributed by atoms with E-state index in [-0.39, 0.29) is 5.91 Å². The number of hydrogen-bond donors (Lipinski definition) is 1. The molecule has 1 aromatic rings. The fraction of sp³-hybridized carbons (Fsp3) is 0.389. The molecular formula is C18H24N2O. The Labute approximate surface area is 127 Å². The summed E-state index contributed by atoms with van der Waals surface area (Å²) in [6, 6.07) is 8.96. The van der Waals surface area contributed by atoms with Gasteiger partial charge in [-0.25, -0.2) is 0 Å². The lowest BCUT2D eigenvalue weighted by atomic mass is 9.99. The van der Waals surface area contributed by atoms with E-state index in [1.165, 1.54) is 11.1 Å². The number of nitrogens with zero attached hydrogens (tertiary/aromatic N) is 1. The van der Waals surface area contributed by atoms with Crippen molar-refractivity contribution >= 4 is 5.91 Å². The molecule has 0 bridgehead atoms. The smallest absolute Gasteiger partial charge is 0.244 e. The van der Waals surface area contributed by atoms with E-state index in [0.29, 0.717) is 12.6 Å². The number of amides is 1. The van der Waals surface area contributed by atoms with Gasteiger partial charge in [0.25, 0.3) is 0 Å². The van der Waals surface area contributed by atoms with Crippen LogP contribution in [-0.4, -0.2) is 29.9 Å². The normalized spacial score (nSPS) is 17.0. The van der Waals surface area contributed by atoms with Crippen molar-refractivity contribution in [3.63, 3.8) is 0 Å². The van der Waals surface area contributed by atoms with E-state index in [2.05, 4.69) is 41.4 Å². The van der Waals surface area contributed by atoms with Crippen LogP contribution >= 0.6 is 0 Å². The maximum Gasteiger partial charge on any atom is 0.244 e. The van der Waals surface area contributed by atoms with Gasteiger partial charge >= 0.3 is 0 Å². The predicted octanol–water partition coefficient (Wildman–Crippen LogP) is 2.68. The maximum absolute atomic E-state index is 11.7. The minimum Gasteiger partial charge on any atom is -0.351 e. The average molecular weight is 284 g/mol. The highest BCUT2D eigenvalue weighted by atomic mass is 16.1. The van der Waals surface area contributed by atoms with Crippen LogP contribution in [0.3, 0.4) is 0 Å². The molecule has 1 N–H and O–H groups in total. The Morgan fingerprint density at radius 2 is 2.10 bits per heavy atom. The molecule has 2 rings (SSSR count). The Hall–Kier alpha value is -1.87. The molecule has 1 atom stereocenters. The third-order valence-corrected chi connectivity index (χ3v) is 3.91. The van der Waals surface area contributed by atoms with Gasteiger partial charge in [-0.1, -0.05) is 42.5 Å². The summed E-state index contributed by atoms with van der Waals surface area (Å²) in [7, 11) is 0. The third-order valence-electron chi connectivity index (χ3n) is 3.91. The lowest BCUT2D eigenvalue weighted by Gasteiger charge is -2.33. The summed E-state index contributed by atoms with van der Waals surface area (Å²) in [6.45, 7) is 6.81. The van der Waals surface area contributed by atoms with Gasteiger partial charge in [-0.2, -0.15) is 0 Å². The zero-order valence-corrected chi connectivity index (χ0v) is 12.9. The van der Waals surface area contributed by atoms with E-state index in [0.717, 1.165) is 19.5 Å². The zero-order chi connectivity index (χ0) is 15.1. The van der Waals surface area contributed by atoms with Crippen LogP contribution in [0.2, 0.25) is 0 Å². The van der Waals surface area contributed by atoms with Crippen molar-refractivity contribution in [2.45, 2.75) is 32.9 Å². The van der Waals surface area contributed by atoms with E-state index in [4.69, 9.17) is 0 Å². The van der Waals surface area contributed by atoms with Gasteiger partial charge in [0, 0.05) is 31.8 Å². The molecule has 3 heteroatoms. The number of carbonyl (C=O) groups excluding carboxylic acids is 1. The van der Waals surface area contributed by atoms with Crippen LogP contribution in [0.25, 0.3) is 0 Å². The first-order valence-electron chi connectivity index (χ1n) is 7.58. The summed E-state index contributed by atoms with van der Waals surface area (Å²) < 4.78 is 0. The number of allylic oxidation sites excluding steroid dienone is 3. The van der Waals surface area contributed by atoms with Crippen LogP contribution in [0, 0.1) is 0 Å². The van der Waals surface area contributed by atoms with Crippen LogP contribution in [0.15, 0.2) is 48.6 Å². The van der Waals surface area contributed by atoms with Crippen LogP contribution in [-0.2, 0) is 17.8 Å². The Kier molecular flexibility index (Phi) is 5.76. The lowest BCUT2D eigenvalue weighted by Crippen LogP contribution is -2.44. The highest BCUT2D eigenvalue weighted by Crippen LogP contribution is 2.19. The van der Waals surface area contributed by atoms with Crippen molar-refractivity contribution in [2.24, 2.45) is 0 Å². The molecule has 1 unspecified atom stereocenters. The van der Waals surface area contributed by atoms with Crippen LogP contribution < -0.4 is 5.32 Å². The Balaban J connectivity index is 1.82. The second-order valence-corrected chi connectivity index (χ2v) is 5.47. The van der Waals surface area contributed by atoms with Gasteiger partial charge in [0.2, 0.25) is 5.91 Å². The third kappa shape index (κ3) is 4.57. The fourth-order valence-corrected chi connectivity index (χ4v) is 2.58. The second kappa shape index (κ2) is 7.79. The summed E-state index contributed by atoms with van der Waals surface area (Å²) in [5.74, 6) is -0.0302. The first-order chi connectivity index (χ1) is 10.2. The largest absolute Gasteiger partial charge is 0.351 e. The molecule has 1 aliphatic rings. The topological polar surface area (TPSA) is 32.3 Å². The molecule has 0 saturated heterocycles. The number of benzene rings is 1. The van der Waals surface area contributed by atoms with E-state index in [1.54, 1.807) is 12.2 Å². The summed E-state index contributed by atoms with van der Waals surface area (Å²) in [6.07, 6.45) is 8.17. The Bertz CT molecular complexity index is 534. The molecule has 1 heterocycles.